The molecule has 0 aliphatic heterocycles. The van der Waals surface area contributed by atoms with Gasteiger partial charge in [0.05, 0.1) is 6.42 Å². The van der Waals surface area contributed by atoms with Gasteiger partial charge in [-0.2, -0.15) is 0 Å². The van der Waals surface area contributed by atoms with Crippen LogP contribution in [0.2, 0.25) is 5.02 Å². The number of halogens is 2. The molecule has 31 heavy (non-hydrogen) atoms. The van der Waals surface area contributed by atoms with Gasteiger partial charge >= 0.3 is 0 Å². The Morgan fingerprint density at radius 2 is 1.52 bits per heavy atom. The monoisotopic (exact) mass is 438 g/mol. The Kier molecular flexibility index (Phi) is 7.79. The van der Waals surface area contributed by atoms with Crippen molar-refractivity contribution >= 4 is 23.4 Å². The van der Waals surface area contributed by atoms with E-state index in [2.05, 4.69) is 5.32 Å². The number of carbonyl (C=O) groups is 2. The van der Waals surface area contributed by atoms with E-state index in [1.54, 1.807) is 31.2 Å². The van der Waals surface area contributed by atoms with Gasteiger partial charge in [0.25, 0.3) is 0 Å². The number of nitrogens with zero attached hydrogens (tertiary/aromatic N) is 1. The minimum Gasteiger partial charge on any atom is -0.350 e. The molecule has 0 aliphatic rings. The summed E-state index contributed by atoms with van der Waals surface area (Å²) in [4.78, 5) is 27.5. The number of carbonyl (C=O) groups excluding carboxylic acids is 2. The van der Waals surface area contributed by atoms with Crippen molar-refractivity contribution in [2.75, 3.05) is 0 Å². The van der Waals surface area contributed by atoms with E-state index in [1.807, 2.05) is 42.5 Å². The zero-order valence-corrected chi connectivity index (χ0v) is 18.0. The summed E-state index contributed by atoms with van der Waals surface area (Å²) < 4.78 is 13.3. The molecule has 3 aromatic rings. The van der Waals surface area contributed by atoms with Crippen LogP contribution in [0.15, 0.2) is 78.9 Å². The Bertz CT molecular complexity index is 1010. The van der Waals surface area contributed by atoms with Gasteiger partial charge in [0, 0.05) is 18.1 Å². The highest BCUT2D eigenvalue weighted by Crippen LogP contribution is 2.14. The molecular weight excluding hydrogens is 415 g/mol. The molecule has 0 saturated heterocycles. The molecule has 0 bridgehead atoms. The summed E-state index contributed by atoms with van der Waals surface area (Å²) in [5.74, 6) is -0.789. The zero-order valence-electron chi connectivity index (χ0n) is 17.2. The van der Waals surface area contributed by atoms with Gasteiger partial charge in [0.2, 0.25) is 11.8 Å². The van der Waals surface area contributed by atoms with Gasteiger partial charge in [-0.15, -0.1) is 0 Å². The molecule has 0 fully saturated rings. The first-order chi connectivity index (χ1) is 14.9. The van der Waals surface area contributed by atoms with Gasteiger partial charge in [-0.3, -0.25) is 9.59 Å². The second kappa shape index (κ2) is 10.7. The van der Waals surface area contributed by atoms with Crippen LogP contribution in [-0.2, 0) is 29.1 Å². The van der Waals surface area contributed by atoms with Gasteiger partial charge in [0.15, 0.2) is 0 Å². The molecule has 0 heterocycles. The summed E-state index contributed by atoms with van der Waals surface area (Å²) in [6.45, 7) is 2.24. The summed E-state index contributed by atoms with van der Waals surface area (Å²) >= 11 is 5.90. The van der Waals surface area contributed by atoms with Crippen LogP contribution in [0.5, 0.6) is 0 Å². The molecule has 1 atom stereocenters. The number of amides is 2. The quantitative estimate of drug-likeness (QED) is 0.551. The lowest BCUT2D eigenvalue weighted by Crippen LogP contribution is -2.48. The molecule has 1 N–H and O–H groups in total. The largest absolute Gasteiger partial charge is 0.350 e. The van der Waals surface area contributed by atoms with Crippen molar-refractivity contribution in [2.24, 2.45) is 0 Å². The van der Waals surface area contributed by atoms with Crippen LogP contribution in [0.25, 0.3) is 0 Å². The first-order valence-corrected chi connectivity index (χ1v) is 10.4. The molecule has 0 spiro atoms. The third-order valence-corrected chi connectivity index (χ3v) is 5.26. The maximum atomic E-state index is 13.3. The van der Waals surface area contributed by atoms with Crippen molar-refractivity contribution in [3.63, 3.8) is 0 Å². The molecule has 3 rings (SSSR count). The van der Waals surface area contributed by atoms with Crippen LogP contribution >= 0.6 is 11.6 Å². The van der Waals surface area contributed by atoms with Crippen molar-refractivity contribution in [3.8, 4) is 0 Å². The van der Waals surface area contributed by atoms with E-state index in [1.165, 1.54) is 17.0 Å². The van der Waals surface area contributed by atoms with E-state index in [4.69, 9.17) is 11.6 Å². The lowest BCUT2D eigenvalue weighted by Gasteiger charge is -2.29. The average Bonchev–Trinajstić information content (AvgIpc) is 2.78. The van der Waals surface area contributed by atoms with E-state index in [9.17, 15) is 14.0 Å². The molecular formula is C25H24ClFN2O2. The van der Waals surface area contributed by atoms with Crippen molar-refractivity contribution in [3.05, 3.63) is 106 Å². The van der Waals surface area contributed by atoms with Crippen molar-refractivity contribution < 1.29 is 14.0 Å². The van der Waals surface area contributed by atoms with Crippen molar-refractivity contribution in [1.82, 2.24) is 10.2 Å². The maximum Gasteiger partial charge on any atom is 0.242 e. The predicted octanol–water partition coefficient (Wildman–Crippen LogP) is 4.76. The number of hydrogen-bond donors (Lipinski definition) is 1. The Morgan fingerprint density at radius 1 is 0.903 bits per heavy atom. The van der Waals surface area contributed by atoms with Crippen molar-refractivity contribution in [1.29, 1.82) is 0 Å². The molecule has 6 heteroatoms. The molecule has 0 saturated carbocycles. The SMILES string of the molecule is CC(C(=O)NCc1ccc(Cl)cc1)N(Cc1ccc(F)cc1)C(=O)Cc1ccccc1. The third-order valence-electron chi connectivity index (χ3n) is 5.01. The first-order valence-electron chi connectivity index (χ1n) is 10.0. The molecule has 160 valence electrons. The fourth-order valence-corrected chi connectivity index (χ4v) is 3.31. The number of hydrogen-bond acceptors (Lipinski definition) is 2. The molecule has 3 aromatic carbocycles. The zero-order chi connectivity index (χ0) is 22.2. The Hall–Kier alpha value is -3.18. The molecule has 4 nitrogen and oxygen atoms in total. The first kappa shape index (κ1) is 22.5. The average molecular weight is 439 g/mol. The van der Waals surface area contributed by atoms with Crippen LogP contribution in [-0.4, -0.2) is 22.8 Å². The predicted molar refractivity (Wildman–Crippen MR) is 120 cm³/mol. The maximum absolute atomic E-state index is 13.3. The molecule has 0 aromatic heterocycles. The molecule has 0 radical (unpaired) electrons. The summed E-state index contributed by atoms with van der Waals surface area (Å²) in [7, 11) is 0. The summed E-state index contributed by atoms with van der Waals surface area (Å²) in [5, 5.41) is 3.50. The molecule has 1 unspecified atom stereocenters. The second-order valence-electron chi connectivity index (χ2n) is 7.33. The fraction of sp³-hybridized carbons (Fsp3) is 0.200. The van der Waals surface area contributed by atoms with Gasteiger partial charge in [-0.05, 0) is 47.9 Å². The highest BCUT2D eigenvalue weighted by Gasteiger charge is 2.26. The van der Waals surface area contributed by atoms with Gasteiger partial charge in [0.1, 0.15) is 11.9 Å². The smallest absolute Gasteiger partial charge is 0.242 e. The van der Waals surface area contributed by atoms with Crippen LogP contribution < -0.4 is 5.32 Å². The van der Waals surface area contributed by atoms with E-state index < -0.39 is 6.04 Å². The summed E-state index contributed by atoms with van der Waals surface area (Å²) in [5.41, 5.74) is 2.52. The van der Waals surface area contributed by atoms with Crippen molar-refractivity contribution in [2.45, 2.75) is 32.5 Å². The van der Waals surface area contributed by atoms with Gasteiger partial charge in [-0.25, -0.2) is 4.39 Å². The molecule has 0 aliphatic carbocycles. The van der Waals surface area contributed by atoms with Crippen LogP contribution in [0.3, 0.4) is 0 Å². The third kappa shape index (κ3) is 6.66. The number of rotatable bonds is 8. The Morgan fingerprint density at radius 3 is 2.16 bits per heavy atom. The lowest BCUT2D eigenvalue weighted by atomic mass is 10.1. The standard InChI is InChI=1S/C25H24ClFN2O2/c1-18(25(31)28-16-20-7-11-22(26)12-8-20)29(17-21-9-13-23(27)14-10-21)24(30)15-19-5-3-2-4-6-19/h2-14,18H,15-17H2,1H3,(H,28,31). The van der Waals surface area contributed by atoms with Crippen LogP contribution in [0.1, 0.15) is 23.6 Å². The highest BCUT2D eigenvalue weighted by atomic mass is 35.5. The minimum atomic E-state index is -0.700. The van der Waals surface area contributed by atoms with Gasteiger partial charge < -0.3 is 10.2 Å². The minimum absolute atomic E-state index is 0.176. The normalized spacial score (nSPS) is 11.6. The van der Waals surface area contributed by atoms with E-state index in [0.29, 0.717) is 11.6 Å². The molecule has 2 amide bonds. The number of benzene rings is 3. The summed E-state index contributed by atoms with van der Waals surface area (Å²) in [6, 6.07) is 21.8. The topological polar surface area (TPSA) is 49.4 Å². The Labute approximate surface area is 186 Å². The highest BCUT2D eigenvalue weighted by molar-refractivity contribution is 6.30. The van der Waals surface area contributed by atoms with E-state index in [-0.39, 0.29) is 30.6 Å². The lowest BCUT2D eigenvalue weighted by molar-refractivity contribution is -0.140. The van der Waals surface area contributed by atoms with E-state index in [0.717, 1.165) is 16.7 Å². The number of nitrogens with one attached hydrogen (secondary N) is 1. The van der Waals surface area contributed by atoms with E-state index >= 15 is 0 Å². The fourth-order valence-electron chi connectivity index (χ4n) is 3.18. The van der Waals surface area contributed by atoms with Crippen LogP contribution in [0.4, 0.5) is 4.39 Å². The van der Waals surface area contributed by atoms with Crippen LogP contribution in [0, 0.1) is 5.82 Å². The summed E-state index contributed by atoms with van der Waals surface area (Å²) in [6.07, 6.45) is 0.177. The van der Waals surface area contributed by atoms with Gasteiger partial charge in [-0.1, -0.05) is 66.2 Å². The Balaban J connectivity index is 1.72. The second-order valence-corrected chi connectivity index (χ2v) is 7.77.